The number of aromatic nitrogens is 1. The molecular weight excluding hydrogens is 225 g/mol. The molecule has 1 heterocycles. The van der Waals surface area contributed by atoms with Crippen LogP contribution >= 0.6 is 11.3 Å². The number of benzene rings is 1. The van der Waals surface area contributed by atoms with Crippen molar-refractivity contribution in [1.29, 1.82) is 0 Å². The van der Waals surface area contributed by atoms with E-state index in [0.717, 1.165) is 11.3 Å². The summed E-state index contributed by atoms with van der Waals surface area (Å²) in [5.74, 6) is 0. The Bertz CT molecular complexity index is 490. The Balaban J connectivity index is 2.39. The quantitative estimate of drug-likeness (QED) is 0.767. The van der Waals surface area contributed by atoms with Gasteiger partial charge >= 0.3 is 6.18 Å². The Morgan fingerprint density at radius 2 is 2.07 bits per heavy atom. The highest BCUT2D eigenvalue weighted by Gasteiger charge is 2.29. The average molecular weight is 232 g/mol. The van der Waals surface area contributed by atoms with Gasteiger partial charge in [0.05, 0.1) is 16.6 Å². The van der Waals surface area contributed by atoms with Crippen molar-refractivity contribution >= 4 is 27.2 Å². The molecule has 0 bridgehead atoms. The van der Waals surface area contributed by atoms with Crippen LogP contribution in [0.1, 0.15) is 5.01 Å². The molecule has 0 unspecified atom stereocenters. The third-order valence-corrected chi connectivity index (χ3v) is 2.83. The minimum absolute atomic E-state index is 0.0723. The van der Waals surface area contributed by atoms with E-state index in [4.69, 9.17) is 5.73 Å². The van der Waals surface area contributed by atoms with E-state index in [9.17, 15) is 13.2 Å². The summed E-state index contributed by atoms with van der Waals surface area (Å²) in [7, 11) is 0. The first-order chi connectivity index (χ1) is 6.94. The lowest BCUT2D eigenvalue weighted by molar-refractivity contribution is -0.127. The van der Waals surface area contributed by atoms with Crippen molar-refractivity contribution in [2.45, 2.75) is 12.6 Å². The van der Waals surface area contributed by atoms with Crippen molar-refractivity contribution in [2.75, 3.05) is 5.73 Å². The molecule has 0 atom stereocenters. The molecule has 0 fully saturated rings. The Hall–Kier alpha value is -1.30. The minimum Gasteiger partial charge on any atom is -0.399 e. The van der Waals surface area contributed by atoms with Gasteiger partial charge in [0.25, 0.3) is 0 Å². The summed E-state index contributed by atoms with van der Waals surface area (Å²) in [6, 6.07) is 4.88. The molecular formula is C9H7F3N2S. The molecule has 80 valence electrons. The monoisotopic (exact) mass is 232 g/mol. The molecule has 0 aliphatic heterocycles. The summed E-state index contributed by atoms with van der Waals surface area (Å²) < 4.78 is 37.0. The lowest BCUT2D eigenvalue weighted by Gasteiger charge is -2.00. The topological polar surface area (TPSA) is 38.9 Å². The van der Waals surface area contributed by atoms with E-state index in [2.05, 4.69) is 4.98 Å². The highest BCUT2D eigenvalue weighted by Crippen LogP contribution is 2.29. The van der Waals surface area contributed by atoms with Gasteiger partial charge in [-0.3, -0.25) is 0 Å². The summed E-state index contributed by atoms with van der Waals surface area (Å²) in [5, 5.41) is 0.0723. The van der Waals surface area contributed by atoms with Crippen LogP contribution in [-0.2, 0) is 6.42 Å². The van der Waals surface area contributed by atoms with Gasteiger partial charge in [-0.1, -0.05) is 0 Å². The van der Waals surface area contributed by atoms with Crippen LogP contribution in [0.5, 0.6) is 0 Å². The lowest BCUT2D eigenvalue weighted by Crippen LogP contribution is -2.10. The molecule has 0 amide bonds. The zero-order valence-corrected chi connectivity index (χ0v) is 8.32. The molecule has 2 rings (SSSR count). The van der Waals surface area contributed by atoms with Gasteiger partial charge in [-0.25, -0.2) is 4.98 Å². The summed E-state index contributed by atoms with van der Waals surface area (Å²) in [6.45, 7) is 0. The van der Waals surface area contributed by atoms with Crippen molar-refractivity contribution in [2.24, 2.45) is 0 Å². The molecule has 0 saturated heterocycles. The summed E-state index contributed by atoms with van der Waals surface area (Å²) >= 11 is 1.03. The number of alkyl halides is 3. The van der Waals surface area contributed by atoms with Gasteiger partial charge in [0.2, 0.25) is 0 Å². The maximum Gasteiger partial charge on any atom is 0.395 e. The first-order valence-corrected chi connectivity index (χ1v) is 4.97. The second-order valence-corrected chi connectivity index (χ2v) is 4.24. The van der Waals surface area contributed by atoms with Crippen molar-refractivity contribution in [3.05, 3.63) is 23.2 Å². The normalized spacial score (nSPS) is 12.2. The first kappa shape index (κ1) is 10.2. The molecule has 0 radical (unpaired) electrons. The van der Waals surface area contributed by atoms with Crippen LogP contribution in [0.4, 0.5) is 18.9 Å². The summed E-state index contributed by atoms with van der Waals surface area (Å²) in [5.41, 5.74) is 6.61. The fourth-order valence-corrected chi connectivity index (χ4v) is 2.28. The van der Waals surface area contributed by atoms with E-state index < -0.39 is 12.6 Å². The van der Waals surface area contributed by atoms with E-state index in [1.165, 1.54) is 0 Å². The van der Waals surface area contributed by atoms with Crippen LogP contribution in [0.25, 0.3) is 10.2 Å². The highest BCUT2D eigenvalue weighted by atomic mass is 32.1. The smallest absolute Gasteiger partial charge is 0.395 e. The molecule has 1 aromatic heterocycles. The van der Waals surface area contributed by atoms with E-state index in [1.54, 1.807) is 18.2 Å². The molecule has 2 aromatic rings. The molecule has 2 nitrogen and oxygen atoms in total. The molecule has 0 aliphatic carbocycles. The second-order valence-electron chi connectivity index (χ2n) is 3.13. The standard InChI is InChI=1S/C9H7F3N2S/c10-9(11,12)4-8-14-6-2-1-5(13)3-7(6)15-8/h1-3H,4,13H2. The largest absolute Gasteiger partial charge is 0.399 e. The van der Waals surface area contributed by atoms with Gasteiger partial charge in [-0.2, -0.15) is 13.2 Å². The number of hydrogen-bond donors (Lipinski definition) is 1. The number of rotatable bonds is 1. The number of halogens is 3. The van der Waals surface area contributed by atoms with E-state index in [0.29, 0.717) is 15.9 Å². The second kappa shape index (κ2) is 3.37. The molecule has 0 saturated carbocycles. The number of hydrogen-bond acceptors (Lipinski definition) is 3. The Morgan fingerprint density at radius 3 is 2.73 bits per heavy atom. The minimum atomic E-state index is -4.21. The zero-order valence-electron chi connectivity index (χ0n) is 7.51. The maximum absolute atomic E-state index is 12.1. The number of anilines is 1. The fourth-order valence-electron chi connectivity index (χ4n) is 1.24. The van der Waals surface area contributed by atoms with Crippen LogP contribution < -0.4 is 5.73 Å². The van der Waals surface area contributed by atoms with E-state index in [-0.39, 0.29) is 5.01 Å². The third kappa shape index (κ3) is 2.38. The van der Waals surface area contributed by atoms with Gasteiger partial charge in [0, 0.05) is 5.69 Å². The van der Waals surface area contributed by atoms with Crippen LogP contribution in [0.2, 0.25) is 0 Å². The number of nitrogens with two attached hydrogens (primary N) is 1. The maximum atomic E-state index is 12.1. The number of nitrogen functional groups attached to an aromatic ring is 1. The van der Waals surface area contributed by atoms with Gasteiger partial charge in [-0.05, 0) is 18.2 Å². The van der Waals surface area contributed by atoms with Gasteiger partial charge < -0.3 is 5.73 Å². The summed E-state index contributed by atoms with van der Waals surface area (Å²) in [6.07, 6.45) is -5.19. The van der Waals surface area contributed by atoms with Crippen LogP contribution in [0.3, 0.4) is 0 Å². The van der Waals surface area contributed by atoms with Crippen molar-refractivity contribution in [3.8, 4) is 0 Å². The zero-order chi connectivity index (χ0) is 11.1. The fraction of sp³-hybridized carbons (Fsp3) is 0.222. The Kier molecular flexibility index (Phi) is 2.30. The molecule has 0 aliphatic rings. The molecule has 1 aromatic carbocycles. The average Bonchev–Trinajstić information content (AvgIpc) is 2.42. The predicted octanol–water partition coefficient (Wildman–Crippen LogP) is 2.98. The molecule has 6 heteroatoms. The Labute approximate surface area is 87.5 Å². The van der Waals surface area contributed by atoms with Crippen LogP contribution in [0, 0.1) is 0 Å². The molecule has 15 heavy (non-hydrogen) atoms. The number of thiazole rings is 1. The number of fused-ring (bicyclic) bond motifs is 1. The van der Waals surface area contributed by atoms with E-state index >= 15 is 0 Å². The van der Waals surface area contributed by atoms with Crippen molar-refractivity contribution in [1.82, 2.24) is 4.98 Å². The third-order valence-electron chi connectivity index (χ3n) is 1.81. The lowest BCUT2D eigenvalue weighted by atomic mass is 10.3. The molecule has 2 N–H and O–H groups in total. The first-order valence-electron chi connectivity index (χ1n) is 4.16. The van der Waals surface area contributed by atoms with E-state index in [1.807, 2.05) is 0 Å². The van der Waals surface area contributed by atoms with Gasteiger partial charge in [-0.15, -0.1) is 11.3 Å². The number of nitrogens with zero attached hydrogens (tertiary/aromatic N) is 1. The van der Waals surface area contributed by atoms with Crippen molar-refractivity contribution in [3.63, 3.8) is 0 Å². The molecule has 0 spiro atoms. The highest BCUT2D eigenvalue weighted by molar-refractivity contribution is 7.18. The van der Waals surface area contributed by atoms with Crippen LogP contribution in [0.15, 0.2) is 18.2 Å². The van der Waals surface area contributed by atoms with Crippen molar-refractivity contribution < 1.29 is 13.2 Å². The SMILES string of the molecule is Nc1ccc2nc(CC(F)(F)F)sc2c1. The van der Waals surface area contributed by atoms with Gasteiger partial charge in [0.15, 0.2) is 0 Å². The summed E-state index contributed by atoms with van der Waals surface area (Å²) in [4.78, 5) is 3.88. The van der Waals surface area contributed by atoms with Gasteiger partial charge in [0.1, 0.15) is 5.01 Å². The van der Waals surface area contributed by atoms with Crippen LogP contribution in [-0.4, -0.2) is 11.2 Å². The Morgan fingerprint density at radius 1 is 1.33 bits per heavy atom. The predicted molar refractivity (Wildman–Crippen MR) is 53.8 cm³/mol.